The fourth-order valence-electron chi connectivity index (χ4n) is 1.76. The second-order valence-electron chi connectivity index (χ2n) is 3.80. The van der Waals surface area contributed by atoms with E-state index in [2.05, 4.69) is 15.7 Å². The van der Waals surface area contributed by atoms with Gasteiger partial charge in [0.2, 0.25) is 5.91 Å². The molecule has 0 radical (unpaired) electrons. The fourth-order valence-corrected chi connectivity index (χ4v) is 1.76. The summed E-state index contributed by atoms with van der Waals surface area (Å²) in [5.41, 5.74) is 0. The van der Waals surface area contributed by atoms with Crippen LogP contribution in [0.4, 0.5) is 0 Å². The predicted molar refractivity (Wildman–Crippen MR) is 56.3 cm³/mol. The third-order valence-electron chi connectivity index (χ3n) is 2.57. The summed E-state index contributed by atoms with van der Waals surface area (Å²) in [5.74, 6) is 0.0207. The van der Waals surface area contributed by atoms with Gasteiger partial charge in [0, 0.05) is 25.0 Å². The van der Waals surface area contributed by atoms with Gasteiger partial charge in [-0.15, -0.1) is 0 Å². The average molecular weight is 208 g/mol. The smallest absolute Gasteiger partial charge is 0.241 e. The predicted octanol–water partition coefficient (Wildman–Crippen LogP) is -0.249. The Morgan fingerprint density at radius 1 is 1.67 bits per heavy atom. The molecule has 0 saturated carbocycles. The molecule has 1 atom stereocenters. The van der Waals surface area contributed by atoms with Crippen molar-refractivity contribution in [3.63, 3.8) is 0 Å². The van der Waals surface area contributed by atoms with Crippen LogP contribution in [0.5, 0.6) is 0 Å². The van der Waals surface area contributed by atoms with E-state index in [1.807, 2.05) is 6.07 Å². The highest BCUT2D eigenvalue weighted by atomic mass is 16.2. The molecule has 1 aromatic rings. The molecule has 0 spiro atoms. The number of amides is 1. The van der Waals surface area contributed by atoms with Crippen LogP contribution in [-0.2, 0) is 11.3 Å². The molecule has 0 bridgehead atoms. The highest BCUT2D eigenvalue weighted by Gasteiger charge is 2.14. The summed E-state index contributed by atoms with van der Waals surface area (Å²) in [6.07, 6.45) is 5.82. The van der Waals surface area contributed by atoms with Gasteiger partial charge in [-0.25, -0.2) is 0 Å². The number of carbonyl (C=O) groups is 1. The molecule has 5 heteroatoms. The lowest BCUT2D eigenvalue weighted by atomic mass is 10.2. The van der Waals surface area contributed by atoms with Gasteiger partial charge in [0.15, 0.2) is 0 Å². The lowest BCUT2D eigenvalue weighted by Gasteiger charge is -2.11. The van der Waals surface area contributed by atoms with E-state index in [1.165, 1.54) is 6.42 Å². The SMILES string of the molecule is O=C(Cn1cccn1)NCC1CCCN1. The van der Waals surface area contributed by atoms with E-state index in [0.29, 0.717) is 12.6 Å². The van der Waals surface area contributed by atoms with Gasteiger partial charge in [-0.05, 0) is 25.5 Å². The van der Waals surface area contributed by atoms with E-state index < -0.39 is 0 Å². The Hall–Kier alpha value is -1.36. The molecule has 15 heavy (non-hydrogen) atoms. The van der Waals surface area contributed by atoms with Crippen LogP contribution in [0.1, 0.15) is 12.8 Å². The number of hydrogen-bond acceptors (Lipinski definition) is 3. The first-order valence-corrected chi connectivity index (χ1v) is 5.32. The molecule has 1 amide bonds. The van der Waals surface area contributed by atoms with Crippen LogP contribution >= 0.6 is 0 Å². The minimum absolute atomic E-state index is 0.0207. The molecular weight excluding hydrogens is 192 g/mol. The normalized spacial score (nSPS) is 20.4. The Balaban J connectivity index is 1.68. The van der Waals surface area contributed by atoms with Gasteiger partial charge in [0.1, 0.15) is 6.54 Å². The molecule has 1 unspecified atom stereocenters. The van der Waals surface area contributed by atoms with Crippen molar-refractivity contribution in [3.8, 4) is 0 Å². The first-order chi connectivity index (χ1) is 7.34. The van der Waals surface area contributed by atoms with Crippen molar-refractivity contribution in [1.82, 2.24) is 20.4 Å². The maximum Gasteiger partial charge on any atom is 0.241 e. The largest absolute Gasteiger partial charge is 0.353 e. The number of hydrogen-bond donors (Lipinski definition) is 2. The summed E-state index contributed by atoms with van der Waals surface area (Å²) in [6, 6.07) is 2.26. The van der Waals surface area contributed by atoms with Crippen LogP contribution in [0.3, 0.4) is 0 Å². The van der Waals surface area contributed by atoms with Crippen molar-refractivity contribution in [3.05, 3.63) is 18.5 Å². The van der Waals surface area contributed by atoms with E-state index in [1.54, 1.807) is 17.1 Å². The third kappa shape index (κ3) is 3.06. The molecule has 0 aromatic carbocycles. The second-order valence-corrected chi connectivity index (χ2v) is 3.80. The molecule has 5 nitrogen and oxygen atoms in total. The number of nitrogens with zero attached hydrogens (tertiary/aromatic N) is 2. The summed E-state index contributed by atoms with van der Waals surface area (Å²) >= 11 is 0. The summed E-state index contributed by atoms with van der Waals surface area (Å²) in [6.45, 7) is 2.10. The van der Waals surface area contributed by atoms with Crippen LogP contribution in [0.25, 0.3) is 0 Å². The van der Waals surface area contributed by atoms with Crippen LogP contribution in [-0.4, -0.2) is 34.8 Å². The van der Waals surface area contributed by atoms with Crippen LogP contribution in [0.2, 0.25) is 0 Å². The van der Waals surface area contributed by atoms with Gasteiger partial charge in [-0.3, -0.25) is 9.48 Å². The van der Waals surface area contributed by atoms with Crippen molar-refractivity contribution in [1.29, 1.82) is 0 Å². The van der Waals surface area contributed by atoms with Gasteiger partial charge >= 0.3 is 0 Å². The topological polar surface area (TPSA) is 59.0 Å². The molecule has 2 heterocycles. The van der Waals surface area contributed by atoms with Crippen molar-refractivity contribution < 1.29 is 4.79 Å². The quantitative estimate of drug-likeness (QED) is 0.717. The molecule has 1 aliphatic heterocycles. The van der Waals surface area contributed by atoms with E-state index >= 15 is 0 Å². The molecule has 1 aliphatic rings. The van der Waals surface area contributed by atoms with E-state index in [0.717, 1.165) is 19.5 Å². The highest BCUT2D eigenvalue weighted by molar-refractivity contribution is 5.75. The first-order valence-electron chi connectivity index (χ1n) is 5.32. The Kier molecular flexibility index (Phi) is 3.34. The Labute approximate surface area is 88.8 Å². The van der Waals surface area contributed by atoms with Gasteiger partial charge in [-0.2, -0.15) is 5.10 Å². The number of carbonyl (C=O) groups excluding carboxylic acids is 1. The lowest BCUT2D eigenvalue weighted by molar-refractivity contribution is -0.121. The maximum absolute atomic E-state index is 11.5. The van der Waals surface area contributed by atoms with Gasteiger partial charge < -0.3 is 10.6 Å². The number of nitrogens with one attached hydrogen (secondary N) is 2. The van der Waals surface area contributed by atoms with Gasteiger partial charge in [0.25, 0.3) is 0 Å². The molecule has 1 fully saturated rings. The zero-order valence-electron chi connectivity index (χ0n) is 8.65. The molecule has 1 aromatic heterocycles. The van der Waals surface area contributed by atoms with Crippen LogP contribution < -0.4 is 10.6 Å². The Morgan fingerprint density at radius 3 is 3.27 bits per heavy atom. The minimum Gasteiger partial charge on any atom is -0.353 e. The molecule has 2 N–H and O–H groups in total. The zero-order chi connectivity index (χ0) is 10.5. The van der Waals surface area contributed by atoms with Crippen molar-refractivity contribution in [2.24, 2.45) is 0 Å². The molecular formula is C10H16N4O. The molecule has 82 valence electrons. The van der Waals surface area contributed by atoms with Gasteiger partial charge in [-0.1, -0.05) is 0 Å². The minimum atomic E-state index is 0.0207. The lowest BCUT2D eigenvalue weighted by Crippen LogP contribution is -2.38. The van der Waals surface area contributed by atoms with E-state index in [9.17, 15) is 4.79 Å². The van der Waals surface area contributed by atoms with E-state index in [4.69, 9.17) is 0 Å². The summed E-state index contributed by atoms with van der Waals surface area (Å²) in [5, 5.41) is 10.2. The van der Waals surface area contributed by atoms with E-state index in [-0.39, 0.29) is 5.91 Å². The molecule has 0 aliphatic carbocycles. The van der Waals surface area contributed by atoms with Crippen molar-refractivity contribution in [2.45, 2.75) is 25.4 Å². The third-order valence-corrected chi connectivity index (χ3v) is 2.57. The number of rotatable bonds is 4. The summed E-state index contributed by atoms with van der Waals surface area (Å²) < 4.78 is 1.62. The van der Waals surface area contributed by atoms with Crippen LogP contribution in [0.15, 0.2) is 18.5 Å². The maximum atomic E-state index is 11.5. The van der Waals surface area contributed by atoms with Crippen molar-refractivity contribution in [2.75, 3.05) is 13.1 Å². The standard InChI is InChI=1S/C10H16N4O/c15-10(8-14-6-2-5-13-14)12-7-9-3-1-4-11-9/h2,5-6,9,11H,1,3-4,7-8H2,(H,12,15). The summed E-state index contributed by atoms with van der Waals surface area (Å²) in [7, 11) is 0. The first kappa shape index (κ1) is 10.2. The second kappa shape index (κ2) is 4.93. The highest BCUT2D eigenvalue weighted by Crippen LogP contribution is 2.02. The summed E-state index contributed by atoms with van der Waals surface area (Å²) in [4.78, 5) is 11.5. The Bertz CT molecular complexity index is 303. The fraction of sp³-hybridized carbons (Fsp3) is 0.600. The average Bonchev–Trinajstić information content (AvgIpc) is 2.86. The zero-order valence-corrected chi connectivity index (χ0v) is 8.65. The molecule has 1 saturated heterocycles. The van der Waals surface area contributed by atoms with Crippen molar-refractivity contribution >= 4 is 5.91 Å². The Morgan fingerprint density at radius 2 is 2.60 bits per heavy atom. The van der Waals surface area contributed by atoms with Gasteiger partial charge in [0.05, 0.1) is 0 Å². The number of aromatic nitrogens is 2. The molecule has 2 rings (SSSR count). The van der Waals surface area contributed by atoms with Crippen LogP contribution in [0, 0.1) is 0 Å². The monoisotopic (exact) mass is 208 g/mol.